The molecule has 100 valence electrons. The van der Waals surface area contributed by atoms with Gasteiger partial charge in [0.15, 0.2) is 5.96 Å². The maximum atomic E-state index is 11.0. The van der Waals surface area contributed by atoms with Crippen LogP contribution < -0.4 is 16.8 Å². The van der Waals surface area contributed by atoms with Crippen LogP contribution in [0, 0.1) is 11.3 Å². The summed E-state index contributed by atoms with van der Waals surface area (Å²) in [5, 5.41) is 3.07. The number of aliphatic imine (C=N–C) groups is 1. The van der Waals surface area contributed by atoms with Gasteiger partial charge in [-0.1, -0.05) is 6.42 Å². The van der Waals surface area contributed by atoms with Gasteiger partial charge in [-0.05, 0) is 32.6 Å². The van der Waals surface area contributed by atoms with Crippen molar-refractivity contribution in [2.24, 2.45) is 27.8 Å². The largest absolute Gasteiger partial charge is 0.370 e. The standard InChI is InChI=1S/C11H22N4O.HI/c1-11(2,9(12)16)7-15-10(13)14-6-8-4-3-5-8;/h8H,3-7H2,1-2H3,(H2,12,16)(H3,13,14,15);1H. The number of rotatable bonds is 5. The summed E-state index contributed by atoms with van der Waals surface area (Å²) in [5.74, 6) is 0.780. The number of hydrogen-bond donors (Lipinski definition) is 3. The topological polar surface area (TPSA) is 93.5 Å². The fourth-order valence-electron chi connectivity index (χ4n) is 1.36. The van der Waals surface area contributed by atoms with Crippen molar-refractivity contribution in [3.8, 4) is 0 Å². The zero-order chi connectivity index (χ0) is 12.2. The molecule has 0 aromatic carbocycles. The molecular formula is C11H23IN4O. The highest BCUT2D eigenvalue weighted by Gasteiger charge is 2.24. The Morgan fingerprint density at radius 2 is 2.00 bits per heavy atom. The fourth-order valence-corrected chi connectivity index (χ4v) is 1.36. The van der Waals surface area contributed by atoms with E-state index in [-0.39, 0.29) is 29.9 Å². The molecule has 1 aliphatic carbocycles. The van der Waals surface area contributed by atoms with E-state index in [1.165, 1.54) is 19.3 Å². The summed E-state index contributed by atoms with van der Waals surface area (Å²) in [7, 11) is 0. The first-order valence-electron chi connectivity index (χ1n) is 5.75. The Hall–Kier alpha value is -0.530. The van der Waals surface area contributed by atoms with Gasteiger partial charge in [0.2, 0.25) is 5.91 Å². The van der Waals surface area contributed by atoms with E-state index in [0.29, 0.717) is 12.5 Å². The van der Waals surface area contributed by atoms with Crippen LogP contribution in [0.1, 0.15) is 33.1 Å². The minimum absolute atomic E-state index is 0. The second-order valence-corrected chi connectivity index (χ2v) is 5.13. The van der Waals surface area contributed by atoms with Crippen LogP contribution in [0.25, 0.3) is 0 Å². The van der Waals surface area contributed by atoms with Gasteiger partial charge in [0.1, 0.15) is 0 Å². The number of amides is 1. The lowest BCUT2D eigenvalue weighted by molar-refractivity contribution is -0.125. The fraction of sp³-hybridized carbons (Fsp3) is 0.818. The van der Waals surface area contributed by atoms with Crippen LogP contribution >= 0.6 is 24.0 Å². The number of primary amides is 1. The SMILES string of the molecule is CC(C)(CN=C(N)NCC1CCC1)C(N)=O.I. The molecule has 0 aromatic rings. The summed E-state index contributed by atoms with van der Waals surface area (Å²) in [6, 6.07) is 0. The van der Waals surface area contributed by atoms with Crippen LogP contribution in [0.4, 0.5) is 0 Å². The molecule has 1 aliphatic rings. The highest BCUT2D eigenvalue weighted by molar-refractivity contribution is 14.0. The predicted octanol–water partition coefficient (Wildman–Crippen LogP) is 0.820. The normalized spacial score (nSPS) is 16.9. The molecule has 5 N–H and O–H groups in total. The Kier molecular flexibility index (Phi) is 6.81. The summed E-state index contributed by atoms with van der Waals surface area (Å²) >= 11 is 0. The summed E-state index contributed by atoms with van der Waals surface area (Å²) in [5.41, 5.74) is 10.3. The van der Waals surface area contributed by atoms with E-state index in [1.807, 2.05) is 0 Å². The van der Waals surface area contributed by atoms with E-state index in [4.69, 9.17) is 11.5 Å². The predicted molar refractivity (Wildman–Crippen MR) is 80.2 cm³/mol. The number of guanidine groups is 1. The summed E-state index contributed by atoms with van der Waals surface area (Å²) in [6.45, 7) is 4.73. The van der Waals surface area contributed by atoms with E-state index >= 15 is 0 Å². The second-order valence-electron chi connectivity index (χ2n) is 5.13. The molecule has 0 aromatic heterocycles. The van der Waals surface area contributed by atoms with Crippen molar-refractivity contribution in [2.45, 2.75) is 33.1 Å². The highest BCUT2D eigenvalue weighted by atomic mass is 127. The average Bonchev–Trinajstić information content (AvgIpc) is 2.12. The van der Waals surface area contributed by atoms with Gasteiger partial charge < -0.3 is 16.8 Å². The van der Waals surface area contributed by atoms with Crippen molar-refractivity contribution in [1.82, 2.24) is 5.32 Å². The molecule has 0 saturated heterocycles. The first-order valence-corrected chi connectivity index (χ1v) is 5.75. The lowest BCUT2D eigenvalue weighted by Crippen LogP contribution is -2.39. The van der Waals surface area contributed by atoms with Gasteiger partial charge in [0.25, 0.3) is 0 Å². The first-order chi connectivity index (χ1) is 7.42. The van der Waals surface area contributed by atoms with Crippen molar-refractivity contribution in [2.75, 3.05) is 13.1 Å². The lowest BCUT2D eigenvalue weighted by atomic mass is 9.85. The zero-order valence-electron chi connectivity index (χ0n) is 10.5. The smallest absolute Gasteiger partial charge is 0.224 e. The molecule has 1 fully saturated rings. The molecule has 0 spiro atoms. The third kappa shape index (κ3) is 5.56. The average molecular weight is 354 g/mol. The van der Waals surface area contributed by atoms with Crippen LogP contribution in [0.5, 0.6) is 0 Å². The monoisotopic (exact) mass is 354 g/mol. The van der Waals surface area contributed by atoms with Crippen molar-refractivity contribution in [3.05, 3.63) is 0 Å². The molecule has 0 atom stereocenters. The van der Waals surface area contributed by atoms with Crippen molar-refractivity contribution >= 4 is 35.8 Å². The minimum atomic E-state index is -0.636. The highest BCUT2D eigenvalue weighted by Crippen LogP contribution is 2.25. The molecule has 1 rings (SSSR count). The molecule has 1 amide bonds. The van der Waals surface area contributed by atoms with Crippen LogP contribution in [0.2, 0.25) is 0 Å². The summed E-state index contributed by atoms with van der Waals surface area (Å²) in [4.78, 5) is 15.2. The van der Waals surface area contributed by atoms with Crippen molar-refractivity contribution in [3.63, 3.8) is 0 Å². The van der Waals surface area contributed by atoms with Gasteiger partial charge in [-0.15, -0.1) is 24.0 Å². The molecule has 0 heterocycles. The number of hydrogen-bond acceptors (Lipinski definition) is 2. The summed E-state index contributed by atoms with van der Waals surface area (Å²) < 4.78 is 0. The quantitative estimate of drug-likeness (QED) is 0.388. The van der Waals surface area contributed by atoms with Gasteiger partial charge in [0, 0.05) is 6.54 Å². The number of nitrogens with two attached hydrogens (primary N) is 2. The molecule has 0 radical (unpaired) electrons. The maximum absolute atomic E-state index is 11.0. The Morgan fingerprint density at radius 1 is 1.41 bits per heavy atom. The molecule has 1 saturated carbocycles. The van der Waals surface area contributed by atoms with E-state index in [0.717, 1.165) is 12.5 Å². The van der Waals surface area contributed by atoms with Crippen LogP contribution in [-0.2, 0) is 4.79 Å². The number of nitrogens with zero attached hydrogens (tertiary/aromatic N) is 1. The molecule has 6 heteroatoms. The molecule has 0 bridgehead atoms. The van der Waals surface area contributed by atoms with E-state index in [1.54, 1.807) is 13.8 Å². The lowest BCUT2D eigenvalue weighted by Gasteiger charge is -2.25. The number of nitrogens with one attached hydrogen (secondary N) is 1. The van der Waals surface area contributed by atoms with E-state index in [2.05, 4.69) is 10.3 Å². The Bertz CT molecular complexity index is 287. The Labute approximate surface area is 120 Å². The first kappa shape index (κ1) is 16.5. The molecule has 0 aliphatic heterocycles. The Morgan fingerprint density at radius 3 is 2.41 bits per heavy atom. The summed E-state index contributed by atoms with van der Waals surface area (Å²) in [6.07, 6.45) is 3.86. The van der Waals surface area contributed by atoms with Crippen molar-refractivity contribution in [1.29, 1.82) is 0 Å². The third-order valence-electron chi connectivity index (χ3n) is 3.11. The van der Waals surface area contributed by atoms with Crippen LogP contribution in [0.15, 0.2) is 4.99 Å². The molecular weight excluding hydrogens is 331 g/mol. The molecule has 17 heavy (non-hydrogen) atoms. The maximum Gasteiger partial charge on any atom is 0.224 e. The number of carbonyl (C=O) groups is 1. The molecule has 5 nitrogen and oxygen atoms in total. The van der Waals surface area contributed by atoms with Crippen LogP contribution in [-0.4, -0.2) is 25.0 Å². The van der Waals surface area contributed by atoms with Gasteiger partial charge in [0.05, 0.1) is 12.0 Å². The third-order valence-corrected chi connectivity index (χ3v) is 3.11. The van der Waals surface area contributed by atoms with Crippen LogP contribution in [0.3, 0.4) is 0 Å². The van der Waals surface area contributed by atoms with Gasteiger partial charge in [-0.25, -0.2) is 0 Å². The zero-order valence-corrected chi connectivity index (χ0v) is 12.9. The van der Waals surface area contributed by atoms with Gasteiger partial charge in [-0.2, -0.15) is 0 Å². The van der Waals surface area contributed by atoms with Crippen molar-refractivity contribution < 1.29 is 4.79 Å². The second kappa shape index (κ2) is 7.03. The van der Waals surface area contributed by atoms with Gasteiger partial charge >= 0.3 is 0 Å². The van der Waals surface area contributed by atoms with E-state index < -0.39 is 5.41 Å². The van der Waals surface area contributed by atoms with E-state index in [9.17, 15) is 4.79 Å². The minimum Gasteiger partial charge on any atom is -0.370 e. The Balaban J connectivity index is 0.00000256. The number of halogens is 1. The molecule has 0 unspecified atom stereocenters. The van der Waals surface area contributed by atoms with Gasteiger partial charge in [-0.3, -0.25) is 9.79 Å². The number of carbonyl (C=O) groups excluding carboxylic acids is 1.